The van der Waals surface area contributed by atoms with E-state index in [1.165, 1.54) is 5.54 Å². The van der Waals surface area contributed by atoms with Gasteiger partial charge in [-0.2, -0.15) is 0 Å². The quantitative estimate of drug-likeness (QED) is 0.812. The van der Waals surface area contributed by atoms with E-state index in [1.807, 2.05) is 6.92 Å². The number of aromatic nitrogens is 1. The number of halogens is 1. The molecule has 0 radical (unpaired) electrons. The van der Waals surface area contributed by atoms with E-state index in [0.29, 0.717) is 12.1 Å². The van der Waals surface area contributed by atoms with Crippen molar-refractivity contribution in [3.8, 4) is 0 Å². The first kappa shape index (κ1) is 9.86. The molecule has 4 heteroatoms. The average molecular weight is 200 g/mol. The van der Waals surface area contributed by atoms with Crippen LogP contribution < -0.4 is 0 Å². The van der Waals surface area contributed by atoms with Crippen LogP contribution in [0.15, 0.2) is 29.6 Å². The minimum absolute atomic E-state index is 0.294. The minimum Gasteiger partial charge on any atom is -0.478 e. The minimum atomic E-state index is -0.911. The highest BCUT2D eigenvalue weighted by atomic mass is 35.5. The van der Waals surface area contributed by atoms with Crippen molar-refractivity contribution in [2.24, 2.45) is 0 Å². The molecule has 0 atom stereocenters. The molecule has 1 aromatic heterocycles. The van der Waals surface area contributed by atoms with Crippen LogP contribution in [0.1, 0.15) is 17.3 Å². The third-order valence-electron chi connectivity index (χ3n) is 1.62. The molecule has 0 saturated heterocycles. The predicted molar refractivity (Wildman–Crippen MR) is 51.0 cm³/mol. The predicted octanol–water partition coefficient (Wildman–Crippen LogP) is 2.33. The first-order chi connectivity index (χ1) is 6.13. The number of hydrogen-bond acceptors (Lipinski definition) is 1. The molecule has 1 rings (SSSR count). The molecule has 0 aromatic carbocycles. The van der Waals surface area contributed by atoms with Crippen LogP contribution in [0.5, 0.6) is 0 Å². The van der Waals surface area contributed by atoms with Crippen LogP contribution in [0, 0.1) is 0 Å². The molecule has 70 valence electrons. The third kappa shape index (κ3) is 2.63. The Bertz CT molecular complexity index is 341. The van der Waals surface area contributed by atoms with Crippen molar-refractivity contribution in [2.75, 3.05) is 0 Å². The highest BCUT2D eigenvalue weighted by Crippen LogP contribution is 2.05. The van der Waals surface area contributed by atoms with E-state index in [4.69, 9.17) is 16.7 Å². The van der Waals surface area contributed by atoms with Crippen molar-refractivity contribution in [3.63, 3.8) is 0 Å². The highest BCUT2D eigenvalue weighted by molar-refractivity contribution is 6.25. The molecule has 0 aliphatic rings. The number of rotatable bonds is 3. The van der Waals surface area contributed by atoms with Gasteiger partial charge >= 0.3 is 5.97 Å². The summed E-state index contributed by atoms with van der Waals surface area (Å²) in [4.78, 5) is 10.5. The second-order valence-corrected chi connectivity index (χ2v) is 3.05. The highest BCUT2D eigenvalue weighted by Gasteiger charge is 2.03. The van der Waals surface area contributed by atoms with Gasteiger partial charge in [-0.3, -0.25) is 0 Å². The molecule has 0 saturated carbocycles. The molecule has 0 unspecified atom stereocenters. The van der Waals surface area contributed by atoms with Crippen LogP contribution in [0.4, 0.5) is 0 Å². The summed E-state index contributed by atoms with van der Waals surface area (Å²) in [7, 11) is 0. The number of carboxylic acid groups (broad SMARTS) is 1. The lowest BCUT2D eigenvalue weighted by Gasteiger charge is -2.00. The van der Waals surface area contributed by atoms with E-state index in [-0.39, 0.29) is 0 Å². The van der Waals surface area contributed by atoms with Gasteiger partial charge in [-0.25, -0.2) is 4.79 Å². The average Bonchev–Trinajstić information content (AvgIpc) is 2.52. The molecule has 3 nitrogen and oxygen atoms in total. The molecular weight excluding hydrogens is 190 g/mol. The zero-order chi connectivity index (χ0) is 9.84. The number of allylic oxidation sites excluding steroid dienone is 1. The van der Waals surface area contributed by atoms with Crippen molar-refractivity contribution in [2.45, 2.75) is 13.5 Å². The fraction of sp³-hybridized carbons (Fsp3) is 0.222. The molecule has 0 spiro atoms. The van der Waals surface area contributed by atoms with Gasteiger partial charge in [0.25, 0.3) is 0 Å². The monoisotopic (exact) mass is 199 g/mol. The second kappa shape index (κ2) is 4.14. The maximum atomic E-state index is 10.5. The number of aromatic carboxylic acids is 1. The lowest BCUT2D eigenvalue weighted by molar-refractivity contribution is 0.0697. The summed E-state index contributed by atoms with van der Waals surface area (Å²) < 4.78 is 1.78. The van der Waals surface area contributed by atoms with E-state index in [9.17, 15) is 4.79 Å². The van der Waals surface area contributed by atoms with Gasteiger partial charge in [0.05, 0.1) is 5.56 Å². The van der Waals surface area contributed by atoms with Crippen LogP contribution in [-0.2, 0) is 6.54 Å². The Hall–Kier alpha value is -1.22. The molecule has 0 aliphatic heterocycles. The molecule has 1 N–H and O–H groups in total. The first-order valence-corrected chi connectivity index (χ1v) is 4.22. The Kier molecular flexibility index (Phi) is 3.14. The number of nitrogens with zero attached hydrogens (tertiary/aromatic N) is 1. The SMILES string of the molecule is C/C(=C/Cl)Cn1ccc(C(=O)O)c1. The van der Waals surface area contributed by atoms with E-state index in [2.05, 4.69) is 0 Å². The van der Waals surface area contributed by atoms with Crippen LogP contribution >= 0.6 is 11.6 Å². The van der Waals surface area contributed by atoms with Crippen molar-refractivity contribution in [1.29, 1.82) is 0 Å². The Balaban J connectivity index is 2.75. The summed E-state index contributed by atoms with van der Waals surface area (Å²) in [6.07, 6.45) is 3.29. The smallest absolute Gasteiger partial charge is 0.337 e. The molecule has 0 amide bonds. The zero-order valence-corrected chi connectivity index (χ0v) is 7.95. The Morgan fingerprint density at radius 1 is 1.77 bits per heavy atom. The largest absolute Gasteiger partial charge is 0.478 e. The van der Waals surface area contributed by atoms with Gasteiger partial charge in [-0.05, 0) is 18.6 Å². The second-order valence-electron chi connectivity index (χ2n) is 2.83. The standard InChI is InChI=1S/C9H10ClNO2/c1-7(4-10)5-11-3-2-8(6-11)9(12)13/h2-4,6H,5H2,1H3,(H,12,13)/b7-4-. The van der Waals surface area contributed by atoms with E-state index >= 15 is 0 Å². The zero-order valence-electron chi connectivity index (χ0n) is 7.20. The van der Waals surface area contributed by atoms with Gasteiger partial charge in [-0.1, -0.05) is 11.6 Å². The first-order valence-electron chi connectivity index (χ1n) is 3.78. The molecule has 0 fully saturated rings. The van der Waals surface area contributed by atoms with Gasteiger partial charge in [-0.15, -0.1) is 0 Å². The number of carbonyl (C=O) groups is 1. The lowest BCUT2D eigenvalue weighted by atomic mass is 10.3. The Morgan fingerprint density at radius 3 is 2.92 bits per heavy atom. The van der Waals surface area contributed by atoms with Gasteiger partial charge < -0.3 is 9.67 Å². The Morgan fingerprint density at radius 2 is 2.46 bits per heavy atom. The van der Waals surface area contributed by atoms with Crippen LogP contribution in [0.2, 0.25) is 0 Å². The van der Waals surface area contributed by atoms with E-state index in [1.54, 1.807) is 23.0 Å². The van der Waals surface area contributed by atoms with Crippen molar-refractivity contribution < 1.29 is 9.90 Å². The normalized spacial score (nSPS) is 11.7. The van der Waals surface area contributed by atoms with Crippen LogP contribution in [0.25, 0.3) is 0 Å². The topological polar surface area (TPSA) is 42.2 Å². The van der Waals surface area contributed by atoms with Gasteiger partial charge in [0.2, 0.25) is 0 Å². The molecule has 0 bridgehead atoms. The summed E-state index contributed by atoms with van der Waals surface area (Å²) in [5, 5.41) is 8.64. The van der Waals surface area contributed by atoms with Crippen molar-refractivity contribution in [1.82, 2.24) is 4.57 Å². The summed E-state index contributed by atoms with van der Waals surface area (Å²) in [6.45, 7) is 2.50. The fourth-order valence-electron chi connectivity index (χ4n) is 0.988. The lowest BCUT2D eigenvalue weighted by Crippen LogP contribution is -1.97. The summed E-state index contributed by atoms with van der Waals surface area (Å²) in [5.41, 5.74) is 2.76. The van der Waals surface area contributed by atoms with Crippen LogP contribution in [-0.4, -0.2) is 15.6 Å². The molecule has 0 aliphatic carbocycles. The summed E-state index contributed by atoms with van der Waals surface area (Å²) in [5.74, 6) is -0.911. The van der Waals surface area contributed by atoms with Gasteiger partial charge in [0.1, 0.15) is 0 Å². The van der Waals surface area contributed by atoms with Crippen LogP contribution in [0.3, 0.4) is 0 Å². The van der Waals surface area contributed by atoms with Gasteiger partial charge in [0.15, 0.2) is 0 Å². The number of carboxylic acids is 1. The molecule has 13 heavy (non-hydrogen) atoms. The third-order valence-corrected chi connectivity index (χ3v) is 1.99. The van der Waals surface area contributed by atoms with E-state index in [0.717, 1.165) is 5.57 Å². The Labute approximate surface area is 81.2 Å². The number of hydrogen-bond donors (Lipinski definition) is 1. The molecule has 1 heterocycles. The van der Waals surface area contributed by atoms with Crippen molar-refractivity contribution >= 4 is 17.6 Å². The van der Waals surface area contributed by atoms with Gasteiger partial charge in [0, 0.05) is 24.5 Å². The molecule has 1 aromatic rings. The van der Waals surface area contributed by atoms with Crippen molar-refractivity contribution in [3.05, 3.63) is 35.1 Å². The summed E-state index contributed by atoms with van der Waals surface area (Å²) in [6, 6.07) is 1.56. The maximum Gasteiger partial charge on any atom is 0.337 e. The summed E-state index contributed by atoms with van der Waals surface area (Å²) >= 11 is 5.48. The maximum absolute atomic E-state index is 10.5. The fourth-order valence-corrected chi connectivity index (χ4v) is 1.06. The van der Waals surface area contributed by atoms with E-state index < -0.39 is 5.97 Å². The molecular formula is C9H10ClNO2.